The van der Waals surface area contributed by atoms with Crippen LogP contribution in [0, 0.1) is 0 Å². The molecule has 0 aromatic rings. The average Bonchev–Trinajstić information content (AvgIpc) is 3.12. The molecule has 51 heavy (non-hydrogen) atoms. The van der Waals surface area contributed by atoms with Gasteiger partial charge < -0.3 is 24.6 Å². The van der Waals surface area contributed by atoms with E-state index >= 15 is 0 Å². The molecule has 0 rings (SSSR count). The lowest BCUT2D eigenvalue weighted by Crippen LogP contribution is -2.29. The molecule has 3 atom stereocenters. The van der Waals surface area contributed by atoms with Crippen LogP contribution in [0.4, 0.5) is 0 Å². The van der Waals surface area contributed by atoms with Crippen molar-refractivity contribution in [2.24, 2.45) is 0 Å². The molecular weight excluding hydrogens is 671 g/mol. The minimum Gasteiger partial charge on any atom is -0.458 e. The number of aliphatic hydroxyl groups is 2. The first-order chi connectivity index (χ1) is 24.7. The van der Waals surface area contributed by atoms with Crippen LogP contribution in [0.15, 0.2) is 36.5 Å². The van der Waals surface area contributed by atoms with Gasteiger partial charge in [-0.25, -0.2) is 9.36 Å². The second kappa shape index (κ2) is 36.5. The van der Waals surface area contributed by atoms with Crippen LogP contribution in [-0.2, 0) is 32.7 Å². The maximum Gasteiger partial charge on any atom is 0.472 e. The molecule has 0 radical (unpaired) electrons. The van der Waals surface area contributed by atoms with E-state index in [0.29, 0.717) is 6.42 Å². The molecule has 10 nitrogen and oxygen atoms in total. The molecule has 0 spiro atoms. The first-order valence-corrected chi connectivity index (χ1v) is 21.5. The van der Waals surface area contributed by atoms with Gasteiger partial charge in [-0.3, -0.25) is 13.8 Å². The SMILES string of the molecule is CCCCCC/C=C/CCCCCCCC(=O)O[C@H](COC(=O)/C=C/C=C/CCCCCCCCCCCCC)COP(=O)(O)OC[C@@H](O)CO. The largest absolute Gasteiger partial charge is 0.472 e. The van der Waals surface area contributed by atoms with Crippen LogP contribution >= 0.6 is 7.82 Å². The van der Waals surface area contributed by atoms with Crippen molar-refractivity contribution in [3.63, 3.8) is 0 Å². The van der Waals surface area contributed by atoms with Crippen molar-refractivity contribution in [3.05, 3.63) is 36.5 Å². The number of carbonyl (C=O) groups is 2. The average molecular weight is 745 g/mol. The van der Waals surface area contributed by atoms with Gasteiger partial charge in [-0.15, -0.1) is 0 Å². The highest BCUT2D eigenvalue weighted by molar-refractivity contribution is 7.47. The number of allylic oxidation sites excluding steroid dienone is 5. The third-order valence-corrected chi connectivity index (χ3v) is 9.32. The normalized spacial score (nSPS) is 14.4. The van der Waals surface area contributed by atoms with Crippen LogP contribution in [0.3, 0.4) is 0 Å². The van der Waals surface area contributed by atoms with E-state index in [0.717, 1.165) is 51.4 Å². The highest BCUT2D eigenvalue weighted by Crippen LogP contribution is 2.43. The fraction of sp³-hybridized carbons (Fsp3) is 0.800. The highest BCUT2D eigenvalue weighted by Gasteiger charge is 2.27. The number of esters is 2. The summed E-state index contributed by atoms with van der Waals surface area (Å²) in [7, 11) is -4.63. The van der Waals surface area contributed by atoms with Gasteiger partial charge in [-0.1, -0.05) is 147 Å². The maximum atomic E-state index is 12.5. The van der Waals surface area contributed by atoms with Crippen molar-refractivity contribution in [3.8, 4) is 0 Å². The van der Waals surface area contributed by atoms with Crippen LogP contribution in [0.1, 0.15) is 168 Å². The number of hydrogen-bond acceptors (Lipinski definition) is 9. The Kier molecular flexibility index (Phi) is 35.2. The molecule has 0 saturated heterocycles. The fourth-order valence-electron chi connectivity index (χ4n) is 5.25. The first kappa shape index (κ1) is 49.2. The summed E-state index contributed by atoms with van der Waals surface area (Å²) in [6.45, 7) is 2.21. The fourth-order valence-corrected chi connectivity index (χ4v) is 6.04. The predicted octanol–water partition coefficient (Wildman–Crippen LogP) is 10.00. The number of unbranched alkanes of at least 4 members (excludes halogenated alkanes) is 20. The summed E-state index contributed by atoms with van der Waals surface area (Å²) < 4.78 is 32.4. The van der Waals surface area contributed by atoms with E-state index in [1.54, 1.807) is 12.2 Å². The maximum absolute atomic E-state index is 12.5. The molecule has 0 aromatic heterocycles. The van der Waals surface area contributed by atoms with Crippen molar-refractivity contribution in [1.82, 2.24) is 0 Å². The zero-order valence-electron chi connectivity index (χ0n) is 32.1. The van der Waals surface area contributed by atoms with Crippen molar-refractivity contribution >= 4 is 19.8 Å². The third kappa shape index (κ3) is 36.3. The molecule has 0 amide bonds. The minimum absolute atomic E-state index is 0.155. The molecule has 298 valence electrons. The standard InChI is InChI=1S/C40H73O10P/c1-3-5-7-9-11-13-15-17-18-20-21-23-25-27-29-31-39(43)47-35-38(36-49-51(45,46)48-34-37(42)33-41)50-40(44)32-30-28-26-24-22-19-16-14-12-10-8-6-4-2/h14,16,25,27,29,31,37-38,41-42H,3-13,15,17-24,26,28,30,32-36H2,1-2H3,(H,45,46)/b16-14+,27-25+,31-29+/t37-,38+/m0/s1. The Labute approximate surface area is 310 Å². The number of rotatable bonds is 37. The Morgan fingerprint density at radius 3 is 1.65 bits per heavy atom. The number of aliphatic hydroxyl groups excluding tert-OH is 2. The Hall–Kier alpha value is -1.81. The molecule has 1 unspecified atom stereocenters. The molecule has 0 heterocycles. The summed E-state index contributed by atoms with van der Waals surface area (Å²) in [6, 6.07) is 0. The molecule has 0 bridgehead atoms. The third-order valence-electron chi connectivity index (χ3n) is 8.37. The van der Waals surface area contributed by atoms with Crippen LogP contribution in [0.2, 0.25) is 0 Å². The topological polar surface area (TPSA) is 149 Å². The van der Waals surface area contributed by atoms with E-state index in [-0.39, 0.29) is 13.0 Å². The van der Waals surface area contributed by atoms with Crippen LogP contribution in [0.5, 0.6) is 0 Å². The lowest BCUT2D eigenvalue weighted by Gasteiger charge is -2.20. The Morgan fingerprint density at radius 2 is 1.10 bits per heavy atom. The van der Waals surface area contributed by atoms with Gasteiger partial charge in [0.1, 0.15) is 12.7 Å². The monoisotopic (exact) mass is 744 g/mol. The molecule has 0 aromatic carbocycles. The molecule has 0 fully saturated rings. The first-order valence-electron chi connectivity index (χ1n) is 20.0. The van der Waals surface area contributed by atoms with Gasteiger partial charge in [-0.05, 0) is 44.9 Å². The zero-order valence-corrected chi connectivity index (χ0v) is 33.0. The van der Waals surface area contributed by atoms with Crippen LogP contribution in [0.25, 0.3) is 0 Å². The van der Waals surface area contributed by atoms with Crippen LogP contribution in [-0.4, -0.2) is 65.7 Å². The van der Waals surface area contributed by atoms with E-state index in [2.05, 4.69) is 30.5 Å². The van der Waals surface area contributed by atoms with Gasteiger partial charge in [0.2, 0.25) is 0 Å². The molecular formula is C40H73O10P. The summed E-state index contributed by atoms with van der Waals surface area (Å²) in [5.74, 6) is -1.19. The second-order valence-corrected chi connectivity index (χ2v) is 14.8. The van der Waals surface area contributed by atoms with Gasteiger partial charge in [0.25, 0.3) is 0 Å². The number of phosphoric ester groups is 1. The van der Waals surface area contributed by atoms with E-state index < -0.39 is 51.8 Å². The van der Waals surface area contributed by atoms with Gasteiger partial charge in [0.15, 0.2) is 6.10 Å². The number of hydrogen-bond donors (Lipinski definition) is 3. The molecule has 11 heteroatoms. The minimum atomic E-state index is -4.63. The van der Waals surface area contributed by atoms with E-state index in [4.69, 9.17) is 19.1 Å². The van der Waals surface area contributed by atoms with Crippen molar-refractivity contribution in [1.29, 1.82) is 0 Å². The van der Waals surface area contributed by atoms with Crippen molar-refractivity contribution in [2.45, 2.75) is 180 Å². The lowest BCUT2D eigenvalue weighted by molar-refractivity contribution is -0.159. The molecule has 0 aliphatic rings. The van der Waals surface area contributed by atoms with Crippen molar-refractivity contribution in [2.75, 3.05) is 26.4 Å². The Morgan fingerprint density at radius 1 is 0.627 bits per heavy atom. The second-order valence-electron chi connectivity index (χ2n) is 13.4. The summed E-state index contributed by atoms with van der Waals surface area (Å²) in [6.07, 6.45) is 36.0. The summed E-state index contributed by atoms with van der Waals surface area (Å²) >= 11 is 0. The predicted molar refractivity (Wildman–Crippen MR) is 205 cm³/mol. The summed E-state index contributed by atoms with van der Waals surface area (Å²) in [5, 5.41) is 18.3. The Bertz CT molecular complexity index is 952. The van der Waals surface area contributed by atoms with Gasteiger partial charge in [0.05, 0.1) is 19.8 Å². The zero-order chi connectivity index (χ0) is 37.7. The number of carbonyl (C=O) groups excluding carboxylic acids is 2. The van der Waals surface area contributed by atoms with E-state index in [1.165, 1.54) is 96.0 Å². The highest BCUT2D eigenvalue weighted by atomic mass is 31.2. The molecule has 3 N–H and O–H groups in total. The summed E-state index contributed by atoms with van der Waals surface area (Å²) in [5.41, 5.74) is 0. The summed E-state index contributed by atoms with van der Waals surface area (Å²) in [4.78, 5) is 34.7. The molecule has 0 saturated carbocycles. The quantitative estimate of drug-likeness (QED) is 0.0140. The van der Waals surface area contributed by atoms with Crippen LogP contribution < -0.4 is 0 Å². The smallest absolute Gasteiger partial charge is 0.458 e. The van der Waals surface area contributed by atoms with E-state index in [9.17, 15) is 24.2 Å². The number of ether oxygens (including phenoxy) is 2. The number of phosphoric acid groups is 1. The lowest BCUT2D eigenvalue weighted by atomic mass is 10.1. The van der Waals surface area contributed by atoms with E-state index in [1.807, 2.05) is 6.08 Å². The van der Waals surface area contributed by atoms with Gasteiger partial charge in [0, 0.05) is 12.5 Å². The van der Waals surface area contributed by atoms with Gasteiger partial charge in [-0.2, -0.15) is 0 Å². The van der Waals surface area contributed by atoms with Crippen molar-refractivity contribution < 1.29 is 47.8 Å². The Balaban J connectivity index is 4.46. The molecule has 0 aliphatic heterocycles. The van der Waals surface area contributed by atoms with Gasteiger partial charge >= 0.3 is 19.8 Å². The molecule has 0 aliphatic carbocycles.